The molecule has 0 fully saturated rings. The molecule has 0 saturated heterocycles. The molecule has 0 aliphatic carbocycles. The molecule has 2 aromatic heterocycles. The average Bonchev–Trinajstić information content (AvgIpc) is 3.27. The van der Waals surface area contributed by atoms with Crippen molar-refractivity contribution in [2.75, 3.05) is 13.7 Å². The van der Waals surface area contributed by atoms with E-state index in [2.05, 4.69) is 6.07 Å². The maximum absolute atomic E-state index is 12.7. The Labute approximate surface area is 156 Å². The molecular formula is C20H21N3O2S. The van der Waals surface area contributed by atoms with E-state index in [4.69, 9.17) is 9.84 Å². The number of aromatic nitrogens is 2. The van der Waals surface area contributed by atoms with Gasteiger partial charge >= 0.3 is 0 Å². The molecule has 1 aromatic carbocycles. The van der Waals surface area contributed by atoms with E-state index < -0.39 is 0 Å². The van der Waals surface area contributed by atoms with Gasteiger partial charge < -0.3 is 9.64 Å². The first-order valence-electron chi connectivity index (χ1n) is 8.74. The minimum Gasteiger partial charge on any atom is -0.497 e. The fourth-order valence-electron chi connectivity index (χ4n) is 3.25. The Morgan fingerprint density at radius 1 is 1.23 bits per heavy atom. The van der Waals surface area contributed by atoms with Crippen molar-refractivity contribution in [3.05, 3.63) is 58.4 Å². The van der Waals surface area contributed by atoms with Crippen molar-refractivity contribution in [3.8, 4) is 17.0 Å². The van der Waals surface area contributed by atoms with Crippen LogP contribution in [0.15, 0.2) is 47.8 Å². The summed E-state index contributed by atoms with van der Waals surface area (Å²) in [6.45, 7) is 2.24. The molecule has 1 amide bonds. The number of carbonyl (C=O) groups excluding carboxylic acids is 1. The molecule has 134 valence electrons. The van der Waals surface area contributed by atoms with E-state index in [9.17, 15) is 4.79 Å². The first-order chi connectivity index (χ1) is 12.7. The SMILES string of the molecule is COc1ccc(-c2cc3n(n2)CCCN(C(=O)Cc2cccs2)C3)cc1. The zero-order chi connectivity index (χ0) is 17.9. The molecule has 0 bridgehead atoms. The Bertz CT molecular complexity index is 884. The molecule has 3 heterocycles. The Morgan fingerprint density at radius 2 is 2.08 bits per heavy atom. The lowest BCUT2D eigenvalue weighted by Gasteiger charge is -2.19. The second-order valence-electron chi connectivity index (χ2n) is 6.40. The van der Waals surface area contributed by atoms with Crippen LogP contribution in [0.5, 0.6) is 5.75 Å². The van der Waals surface area contributed by atoms with Crippen molar-refractivity contribution in [1.82, 2.24) is 14.7 Å². The lowest BCUT2D eigenvalue weighted by atomic mass is 10.1. The number of methoxy groups -OCH3 is 1. The van der Waals surface area contributed by atoms with Gasteiger partial charge in [-0.2, -0.15) is 5.10 Å². The topological polar surface area (TPSA) is 47.4 Å². The second kappa shape index (κ2) is 7.33. The highest BCUT2D eigenvalue weighted by Crippen LogP contribution is 2.24. The van der Waals surface area contributed by atoms with Gasteiger partial charge in [-0.05, 0) is 48.2 Å². The third kappa shape index (κ3) is 3.51. The van der Waals surface area contributed by atoms with Gasteiger partial charge in [0.15, 0.2) is 0 Å². The van der Waals surface area contributed by atoms with Crippen molar-refractivity contribution in [1.29, 1.82) is 0 Å². The number of hydrogen-bond acceptors (Lipinski definition) is 4. The summed E-state index contributed by atoms with van der Waals surface area (Å²) in [5.74, 6) is 1.02. The molecular weight excluding hydrogens is 346 g/mol. The molecule has 0 unspecified atom stereocenters. The monoisotopic (exact) mass is 367 g/mol. The van der Waals surface area contributed by atoms with E-state index in [-0.39, 0.29) is 5.91 Å². The molecule has 5 nitrogen and oxygen atoms in total. The molecule has 4 rings (SSSR count). The van der Waals surface area contributed by atoms with Crippen LogP contribution < -0.4 is 4.74 Å². The minimum absolute atomic E-state index is 0.188. The van der Waals surface area contributed by atoms with Gasteiger partial charge in [-0.25, -0.2) is 0 Å². The molecule has 3 aromatic rings. The fourth-order valence-corrected chi connectivity index (χ4v) is 3.95. The summed E-state index contributed by atoms with van der Waals surface area (Å²) in [5, 5.41) is 6.76. The van der Waals surface area contributed by atoms with Gasteiger partial charge in [-0.15, -0.1) is 11.3 Å². The van der Waals surface area contributed by atoms with Crippen LogP contribution in [0.1, 0.15) is 17.0 Å². The number of nitrogens with zero attached hydrogens (tertiary/aromatic N) is 3. The number of ether oxygens (including phenoxy) is 1. The summed E-state index contributed by atoms with van der Waals surface area (Å²) in [5.41, 5.74) is 3.09. The van der Waals surface area contributed by atoms with E-state index in [1.807, 2.05) is 51.4 Å². The maximum Gasteiger partial charge on any atom is 0.228 e. The first-order valence-corrected chi connectivity index (χ1v) is 9.62. The van der Waals surface area contributed by atoms with E-state index >= 15 is 0 Å². The number of thiophene rings is 1. The molecule has 0 spiro atoms. The molecule has 0 saturated carbocycles. The summed E-state index contributed by atoms with van der Waals surface area (Å²) in [6.07, 6.45) is 1.41. The Hall–Kier alpha value is -2.60. The first kappa shape index (κ1) is 16.8. The molecule has 0 radical (unpaired) electrons. The molecule has 1 aliphatic rings. The maximum atomic E-state index is 12.7. The third-order valence-corrected chi connectivity index (χ3v) is 5.53. The van der Waals surface area contributed by atoms with Crippen LogP contribution in [0.25, 0.3) is 11.3 Å². The quantitative estimate of drug-likeness (QED) is 0.708. The fraction of sp³-hybridized carbons (Fsp3) is 0.300. The van der Waals surface area contributed by atoms with Gasteiger partial charge in [0.25, 0.3) is 0 Å². The van der Waals surface area contributed by atoms with Crippen LogP contribution in [0.2, 0.25) is 0 Å². The number of rotatable bonds is 4. The summed E-state index contributed by atoms with van der Waals surface area (Å²) in [6, 6.07) is 14.0. The molecule has 6 heteroatoms. The summed E-state index contributed by atoms with van der Waals surface area (Å²) in [4.78, 5) is 15.7. The lowest BCUT2D eigenvalue weighted by molar-refractivity contribution is -0.131. The van der Waals surface area contributed by atoms with E-state index in [1.165, 1.54) is 0 Å². The van der Waals surface area contributed by atoms with E-state index in [0.717, 1.165) is 47.1 Å². The molecule has 1 aliphatic heterocycles. The highest BCUT2D eigenvalue weighted by Gasteiger charge is 2.21. The zero-order valence-corrected chi connectivity index (χ0v) is 15.5. The van der Waals surface area contributed by atoms with Crippen molar-refractivity contribution in [3.63, 3.8) is 0 Å². The van der Waals surface area contributed by atoms with Crippen LogP contribution >= 0.6 is 11.3 Å². The van der Waals surface area contributed by atoms with Gasteiger partial charge in [-0.3, -0.25) is 9.48 Å². The number of hydrogen-bond donors (Lipinski definition) is 0. The predicted molar refractivity (Wildman–Crippen MR) is 102 cm³/mol. The van der Waals surface area contributed by atoms with Crippen LogP contribution in [-0.4, -0.2) is 34.2 Å². The second-order valence-corrected chi connectivity index (χ2v) is 7.43. The Morgan fingerprint density at radius 3 is 2.81 bits per heavy atom. The highest BCUT2D eigenvalue weighted by molar-refractivity contribution is 7.10. The van der Waals surface area contributed by atoms with Crippen LogP contribution in [0.4, 0.5) is 0 Å². The summed E-state index contributed by atoms with van der Waals surface area (Å²) >= 11 is 1.64. The van der Waals surface area contributed by atoms with Crippen molar-refractivity contribution in [2.45, 2.75) is 25.9 Å². The standard InChI is InChI=1S/C20H21N3O2S/c1-25-17-7-5-15(6-8-17)19-12-16-14-22(9-3-10-23(16)21-19)20(24)13-18-4-2-11-26-18/h2,4-8,11-12H,3,9-10,13-14H2,1H3. The van der Waals surface area contributed by atoms with E-state index in [1.54, 1.807) is 18.4 Å². The van der Waals surface area contributed by atoms with Crippen LogP contribution in [-0.2, 0) is 24.3 Å². The number of carbonyl (C=O) groups is 1. The average molecular weight is 367 g/mol. The van der Waals surface area contributed by atoms with Gasteiger partial charge in [0.1, 0.15) is 5.75 Å². The predicted octanol–water partition coefficient (Wildman–Crippen LogP) is 3.60. The van der Waals surface area contributed by atoms with Gasteiger partial charge in [0.2, 0.25) is 5.91 Å². The van der Waals surface area contributed by atoms with Crippen LogP contribution in [0, 0.1) is 0 Å². The minimum atomic E-state index is 0.188. The largest absolute Gasteiger partial charge is 0.497 e. The molecule has 26 heavy (non-hydrogen) atoms. The van der Waals surface area contributed by atoms with Gasteiger partial charge in [0, 0.05) is 23.5 Å². The highest BCUT2D eigenvalue weighted by atomic mass is 32.1. The van der Waals surface area contributed by atoms with Gasteiger partial charge in [0.05, 0.1) is 31.5 Å². The Kier molecular flexibility index (Phi) is 4.75. The third-order valence-electron chi connectivity index (χ3n) is 4.66. The summed E-state index contributed by atoms with van der Waals surface area (Å²) < 4.78 is 7.26. The number of aryl methyl sites for hydroxylation is 1. The van der Waals surface area contributed by atoms with Gasteiger partial charge in [-0.1, -0.05) is 6.07 Å². The smallest absolute Gasteiger partial charge is 0.228 e. The molecule has 0 atom stereocenters. The van der Waals surface area contributed by atoms with Crippen molar-refractivity contribution in [2.24, 2.45) is 0 Å². The normalized spacial score (nSPS) is 14.0. The van der Waals surface area contributed by atoms with Crippen LogP contribution in [0.3, 0.4) is 0 Å². The number of amides is 1. The molecule has 0 N–H and O–H groups in total. The zero-order valence-electron chi connectivity index (χ0n) is 14.7. The van der Waals surface area contributed by atoms with E-state index in [0.29, 0.717) is 13.0 Å². The van der Waals surface area contributed by atoms with Crippen molar-refractivity contribution < 1.29 is 9.53 Å². The number of fused-ring (bicyclic) bond motifs is 1. The van der Waals surface area contributed by atoms with Crippen molar-refractivity contribution >= 4 is 17.2 Å². The Balaban J connectivity index is 1.52. The number of benzene rings is 1. The summed E-state index contributed by atoms with van der Waals surface area (Å²) in [7, 11) is 1.66. The lowest BCUT2D eigenvalue weighted by Crippen LogP contribution is -2.31.